The molecule has 1 aliphatic rings. The molecule has 0 bridgehead atoms. The van der Waals surface area contributed by atoms with Gasteiger partial charge in [0.2, 0.25) is 0 Å². The molecule has 0 saturated heterocycles. The quantitative estimate of drug-likeness (QED) is 0.691. The summed E-state index contributed by atoms with van der Waals surface area (Å²) >= 11 is 0. The zero-order valence-corrected chi connectivity index (χ0v) is 16.5. The van der Waals surface area contributed by atoms with Gasteiger partial charge in [-0.05, 0) is 78.1 Å². The Balaban J connectivity index is 1.84. The third-order valence-corrected chi connectivity index (χ3v) is 5.54. The largest absolute Gasteiger partial charge is 0.462 e. The van der Waals surface area contributed by atoms with E-state index in [0.29, 0.717) is 12.2 Å². The van der Waals surface area contributed by atoms with Gasteiger partial charge in [0, 0.05) is 11.4 Å². The van der Waals surface area contributed by atoms with Crippen molar-refractivity contribution in [3.63, 3.8) is 0 Å². The fraction of sp³-hybridized carbons (Fsp3) is 0.435. The van der Waals surface area contributed by atoms with E-state index in [1.54, 1.807) is 12.1 Å². The third kappa shape index (κ3) is 3.62. The Kier molecular flexibility index (Phi) is 4.83. The van der Waals surface area contributed by atoms with E-state index in [2.05, 4.69) is 51.2 Å². The van der Waals surface area contributed by atoms with Crippen molar-refractivity contribution < 1.29 is 9.53 Å². The summed E-state index contributed by atoms with van der Waals surface area (Å²) in [7, 11) is 0. The first kappa shape index (κ1) is 18.5. The van der Waals surface area contributed by atoms with Crippen molar-refractivity contribution in [2.24, 2.45) is 0 Å². The number of rotatable bonds is 4. The molecule has 0 fully saturated rings. The first-order valence-corrected chi connectivity index (χ1v) is 9.42. The fourth-order valence-corrected chi connectivity index (χ4v) is 3.74. The van der Waals surface area contributed by atoms with Crippen LogP contribution in [-0.4, -0.2) is 12.6 Å². The van der Waals surface area contributed by atoms with Crippen LogP contribution in [0.25, 0.3) is 0 Å². The SMILES string of the molecule is CCOC(=O)c1ccc(Nc2ccc3c(c2)C(C)(C)CCC3(C)C)cc1. The predicted octanol–water partition coefficient (Wildman–Crippen LogP) is 5.96. The molecular formula is C23H29NO2. The van der Waals surface area contributed by atoms with E-state index in [9.17, 15) is 4.79 Å². The Morgan fingerprint density at radius 3 is 2.12 bits per heavy atom. The van der Waals surface area contributed by atoms with Crippen LogP contribution in [0, 0.1) is 0 Å². The molecule has 0 amide bonds. The van der Waals surface area contributed by atoms with E-state index in [1.807, 2.05) is 19.1 Å². The van der Waals surface area contributed by atoms with Gasteiger partial charge in [-0.25, -0.2) is 4.79 Å². The summed E-state index contributed by atoms with van der Waals surface area (Å²) in [4.78, 5) is 11.8. The van der Waals surface area contributed by atoms with Crippen LogP contribution in [0.1, 0.15) is 68.9 Å². The summed E-state index contributed by atoms with van der Waals surface area (Å²) in [6.45, 7) is 11.5. The van der Waals surface area contributed by atoms with E-state index in [0.717, 1.165) is 11.4 Å². The number of fused-ring (bicyclic) bond motifs is 1. The maximum absolute atomic E-state index is 11.8. The van der Waals surface area contributed by atoms with Gasteiger partial charge in [-0.3, -0.25) is 0 Å². The van der Waals surface area contributed by atoms with E-state index in [1.165, 1.54) is 24.0 Å². The maximum atomic E-state index is 11.8. The van der Waals surface area contributed by atoms with E-state index >= 15 is 0 Å². The smallest absolute Gasteiger partial charge is 0.338 e. The first-order valence-electron chi connectivity index (χ1n) is 9.42. The molecule has 0 spiro atoms. The van der Waals surface area contributed by atoms with Gasteiger partial charge in [-0.2, -0.15) is 0 Å². The summed E-state index contributed by atoms with van der Waals surface area (Å²) in [5, 5.41) is 3.47. The van der Waals surface area contributed by atoms with Crippen molar-refractivity contribution in [3.8, 4) is 0 Å². The lowest BCUT2D eigenvalue weighted by molar-refractivity contribution is 0.0526. The highest BCUT2D eigenvalue weighted by Gasteiger charge is 2.36. The molecule has 0 aliphatic heterocycles. The zero-order valence-electron chi connectivity index (χ0n) is 16.5. The molecular weight excluding hydrogens is 322 g/mol. The average Bonchev–Trinajstić information content (AvgIpc) is 2.60. The topological polar surface area (TPSA) is 38.3 Å². The number of hydrogen-bond donors (Lipinski definition) is 1. The fourth-order valence-electron chi connectivity index (χ4n) is 3.74. The molecule has 1 aliphatic carbocycles. The minimum absolute atomic E-state index is 0.191. The van der Waals surface area contributed by atoms with Crippen LogP contribution < -0.4 is 5.32 Å². The number of anilines is 2. The number of nitrogens with one attached hydrogen (secondary N) is 1. The molecule has 0 atom stereocenters. The van der Waals surface area contributed by atoms with Crippen LogP contribution in [0.4, 0.5) is 11.4 Å². The summed E-state index contributed by atoms with van der Waals surface area (Å²) in [5.41, 5.74) is 5.93. The van der Waals surface area contributed by atoms with Gasteiger partial charge < -0.3 is 10.1 Å². The van der Waals surface area contributed by atoms with Gasteiger partial charge >= 0.3 is 5.97 Å². The molecule has 0 unspecified atom stereocenters. The van der Waals surface area contributed by atoms with Gasteiger partial charge in [0.15, 0.2) is 0 Å². The van der Waals surface area contributed by atoms with Crippen molar-refractivity contribution in [1.29, 1.82) is 0 Å². The Labute approximate surface area is 156 Å². The van der Waals surface area contributed by atoms with Crippen molar-refractivity contribution >= 4 is 17.3 Å². The molecule has 0 saturated carbocycles. The molecule has 3 rings (SSSR count). The van der Waals surface area contributed by atoms with Crippen molar-refractivity contribution in [1.82, 2.24) is 0 Å². The minimum atomic E-state index is -0.281. The molecule has 0 aromatic heterocycles. The first-order chi connectivity index (χ1) is 12.2. The van der Waals surface area contributed by atoms with E-state index in [-0.39, 0.29) is 16.8 Å². The molecule has 0 heterocycles. The number of esters is 1. The van der Waals surface area contributed by atoms with Gasteiger partial charge in [0.05, 0.1) is 12.2 Å². The van der Waals surface area contributed by atoms with Crippen LogP contribution >= 0.6 is 0 Å². The lowest BCUT2D eigenvalue weighted by atomic mass is 9.63. The number of ether oxygens (including phenoxy) is 1. The molecule has 3 nitrogen and oxygen atoms in total. The number of carbonyl (C=O) groups excluding carboxylic acids is 1. The van der Waals surface area contributed by atoms with Crippen LogP contribution in [0.3, 0.4) is 0 Å². The highest BCUT2D eigenvalue weighted by Crippen LogP contribution is 2.46. The Bertz CT molecular complexity index is 803. The summed E-state index contributed by atoms with van der Waals surface area (Å²) < 4.78 is 5.03. The Hall–Kier alpha value is -2.29. The second-order valence-electron chi connectivity index (χ2n) is 8.45. The zero-order chi connectivity index (χ0) is 18.9. The second kappa shape index (κ2) is 6.79. The molecule has 3 heteroatoms. The third-order valence-electron chi connectivity index (χ3n) is 5.54. The van der Waals surface area contributed by atoms with Gasteiger partial charge in [0.25, 0.3) is 0 Å². The Morgan fingerprint density at radius 1 is 0.923 bits per heavy atom. The van der Waals surface area contributed by atoms with Crippen LogP contribution in [0.5, 0.6) is 0 Å². The van der Waals surface area contributed by atoms with Gasteiger partial charge in [-0.15, -0.1) is 0 Å². The summed E-state index contributed by atoms with van der Waals surface area (Å²) in [6.07, 6.45) is 2.42. The molecule has 26 heavy (non-hydrogen) atoms. The van der Waals surface area contributed by atoms with E-state index < -0.39 is 0 Å². The molecule has 138 valence electrons. The van der Waals surface area contributed by atoms with Crippen LogP contribution in [0.2, 0.25) is 0 Å². The summed E-state index contributed by atoms with van der Waals surface area (Å²) in [6, 6.07) is 14.1. The standard InChI is InChI=1S/C23H29NO2/c1-6-26-21(25)16-7-9-17(10-8-16)24-18-11-12-19-20(15-18)23(4,5)14-13-22(19,2)3/h7-12,15,24H,6,13-14H2,1-5H3. The average molecular weight is 351 g/mol. The normalized spacial score (nSPS) is 17.3. The van der Waals surface area contributed by atoms with Crippen LogP contribution in [0.15, 0.2) is 42.5 Å². The Morgan fingerprint density at radius 2 is 1.50 bits per heavy atom. The lowest BCUT2D eigenvalue weighted by Gasteiger charge is -2.42. The van der Waals surface area contributed by atoms with Crippen molar-refractivity contribution in [2.75, 3.05) is 11.9 Å². The highest BCUT2D eigenvalue weighted by atomic mass is 16.5. The molecule has 2 aromatic rings. The lowest BCUT2D eigenvalue weighted by Crippen LogP contribution is -2.33. The molecule has 2 aromatic carbocycles. The number of carbonyl (C=O) groups is 1. The van der Waals surface area contributed by atoms with Gasteiger partial charge in [0.1, 0.15) is 0 Å². The van der Waals surface area contributed by atoms with E-state index in [4.69, 9.17) is 4.74 Å². The number of hydrogen-bond acceptors (Lipinski definition) is 3. The maximum Gasteiger partial charge on any atom is 0.338 e. The predicted molar refractivity (Wildman–Crippen MR) is 107 cm³/mol. The highest BCUT2D eigenvalue weighted by molar-refractivity contribution is 5.89. The van der Waals surface area contributed by atoms with Crippen LogP contribution in [-0.2, 0) is 15.6 Å². The van der Waals surface area contributed by atoms with Crippen molar-refractivity contribution in [2.45, 2.75) is 58.3 Å². The van der Waals surface area contributed by atoms with Crippen molar-refractivity contribution in [3.05, 3.63) is 59.2 Å². The summed E-state index contributed by atoms with van der Waals surface area (Å²) in [5.74, 6) is -0.281. The number of benzene rings is 2. The molecule has 0 radical (unpaired) electrons. The minimum Gasteiger partial charge on any atom is -0.462 e. The second-order valence-corrected chi connectivity index (χ2v) is 8.45. The monoisotopic (exact) mass is 351 g/mol. The van der Waals surface area contributed by atoms with Gasteiger partial charge in [-0.1, -0.05) is 33.8 Å². The molecule has 1 N–H and O–H groups in total.